The van der Waals surface area contributed by atoms with Crippen molar-refractivity contribution in [2.45, 2.75) is 37.6 Å². The second kappa shape index (κ2) is 8.81. The number of nitrogens with one attached hydrogen (secondary N) is 3. The van der Waals surface area contributed by atoms with E-state index in [0.717, 1.165) is 10.8 Å². The van der Waals surface area contributed by atoms with E-state index in [4.69, 9.17) is 4.74 Å². The number of rotatable bonds is 5. The van der Waals surface area contributed by atoms with Gasteiger partial charge in [-0.15, -0.1) is 0 Å². The van der Waals surface area contributed by atoms with Crippen molar-refractivity contribution >= 4 is 34.2 Å². The molecule has 2 aromatic carbocycles. The van der Waals surface area contributed by atoms with Gasteiger partial charge in [0.1, 0.15) is 18.3 Å². The van der Waals surface area contributed by atoms with E-state index in [1.165, 1.54) is 4.90 Å². The third kappa shape index (κ3) is 4.01. The Morgan fingerprint density at radius 1 is 1.10 bits per heavy atom. The Morgan fingerprint density at radius 3 is 2.73 bits per heavy atom. The molecule has 0 saturated carbocycles. The van der Waals surface area contributed by atoms with Gasteiger partial charge < -0.3 is 25.6 Å². The maximum Gasteiger partial charge on any atom is 0.247 e. The van der Waals surface area contributed by atoms with Crippen molar-refractivity contribution in [1.82, 2.24) is 15.5 Å². The molecule has 3 atom stereocenters. The summed E-state index contributed by atoms with van der Waals surface area (Å²) in [7, 11) is 1.67. The topological polar surface area (TPSA) is 99.8 Å². The molecule has 4 rings (SSSR count). The van der Waals surface area contributed by atoms with Crippen LogP contribution in [0.5, 0.6) is 0 Å². The lowest BCUT2D eigenvalue weighted by Crippen LogP contribution is -2.54. The molecule has 2 fully saturated rings. The van der Waals surface area contributed by atoms with Crippen LogP contribution in [0, 0.1) is 0 Å². The highest BCUT2D eigenvalue weighted by Crippen LogP contribution is 2.30. The molecule has 0 spiro atoms. The molecule has 0 aliphatic carbocycles. The van der Waals surface area contributed by atoms with Gasteiger partial charge in [0.15, 0.2) is 0 Å². The first kappa shape index (κ1) is 20.3. The van der Waals surface area contributed by atoms with Gasteiger partial charge in [-0.05, 0) is 31.3 Å². The molecular formula is C22H26N4O4. The summed E-state index contributed by atoms with van der Waals surface area (Å²) in [5.74, 6) is -0.768. The van der Waals surface area contributed by atoms with Crippen molar-refractivity contribution in [3.05, 3.63) is 42.5 Å². The minimum Gasteiger partial charge on any atom is -0.358 e. The largest absolute Gasteiger partial charge is 0.358 e. The zero-order valence-electron chi connectivity index (χ0n) is 16.9. The molecule has 0 unspecified atom stereocenters. The molecule has 2 heterocycles. The summed E-state index contributed by atoms with van der Waals surface area (Å²) in [5.41, 5.74) is 0.712. The number of benzene rings is 2. The molecule has 8 heteroatoms. The van der Waals surface area contributed by atoms with E-state index in [1.54, 1.807) is 7.05 Å². The van der Waals surface area contributed by atoms with Crippen molar-refractivity contribution < 1.29 is 19.1 Å². The number of carbonyl (C=O) groups excluding carboxylic acids is 3. The van der Waals surface area contributed by atoms with Crippen LogP contribution in [0.4, 0.5) is 5.69 Å². The fourth-order valence-corrected chi connectivity index (χ4v) is 4.21. The lowest BCUT2D eigenvalue weighted by Gasteiger charge is -2.29. The van der Waals surface area contributed by atoms with Crippen LogP contribution >= 0.6 is 0 Å². The van der Waals surface area contributed by atoms with Gasteiger partial charge in [-0.2, -0.15) is 0 Å². The number of anilines is 1. The molecule has 2 aromatic rings. The van der Waals surface area contributed by atoms with Crippen LogP contribution in [0.2, 0.25) is 0 Å². The molecule has 0 radical (unpaired) electrons. The minimum atomic E-state index is -0.693. The number of carbonyl (C=O) groups is 3. The standard InChI is InChI=1S/C22H26N4O4/c1-23-13-19(27)24-17-11-12-30-20-10-9-18(26(20)22(17)29)21(28)25-16-8-4-6-14-5-2-3-7-15(14)16/h2-8,17-18,20,23H,9-13H2,1H3,(H,24,27)(H,25,28)/t17-,18-,20-/m0/s1. The highest BCUT2D eigenvalue weighted by atomic mass is 16.5. The van der Waals surface area contributed by atoms with Crippen LogP contribution in [-0.2, 0) is 19.1 Å². The molecule has 3 amide bonds. The van der Waals surface area contributed by atoms with E-state index < -0.39 is 18.3 Å². The van der Waals surface area contributed by atoms with Gasteiger partial charge in [-0.1, -0.05) is 36.4 Å². The van der Waals surface area contributed by atoms with E-state index in [2.05, 4.69) is 16.0 Å². The lowest BCUT2D eigenvalue weighted by atomic mass is 10.1. The van der Waals surface area contributed by atoms with E-state index >= 15 is 0 Å². The minimum absolute atomic E-state index is 0.124. The number of nitrogens with zero attached hydrogens (tertiary/aromatic N) is 1. The maximum atomic E-state index is 13.2. The monoisotopic (exact) mass is 410 g/mol. The fourth-order valence-electron chi connectivity index (χ4n) is 4.21. The summed E-state index contributed by atoms with van der Waals surface area (Å²) in [5, 5.41) is 10.5. The molecule has 30 heavy (non-hydrogen) atoms. The Kier molecular flexibility index (Phi) is 5.96. The SMILES string of the molecule is CNCC(=O)N[C@H]1CCO[C@H]2CC[C@@H](C(=O)Nc3cccc4ccccc34)N2C1=O. The molecule has 2 aliphatic rings. The smallest absolute Gasteiger partial charge is 0.247 e. The predicted molar refractivity (Wildman–Crippen MR) is 113 cm³/mol. The average molecular weight is 410 g/mol. The Balaban J connectivity index is 1.53. The van der Waals surface area contributed by atoms with Crippen molar-refractivity contribution in [2.24, 2.45) is 0 Å². The highest BCUT2D eigenvalue weighted by molar-refractivity contribution is 6.05. The average Bonchev–Trinajstić information content (AvgIpc) is 3.10. The first-order valence-corrected chi connectivity index (χ1v) is 10.2. The number of ether oxygens (including phenoxy) is 1. The van der Waals surface area contributed by atoms with Crippen molar-refractivity contribution in [1.29, 1.82) is 0 Å². The van der Waals surface area contributed by atoms with E-state index in [9.17, 15) is 14.4 Å². The Bertz CT molecular complexity index is 958. The Hall–Kier alpha value is -2.97. The van der Waals surface area contributed by atoms with Gasteiger partial charge in [-0.25, -0.2) is 0 Å². The number of likely N-dealkylation sites (N-methyl/N-ethyl adjacent to an activating group) is 1. The van der Waals surface area contributed by atoms with E-state index in [1.807, 2.05) is 42.5 Å². The van der Waals surface area contributed by atoms with Crippen LogP contribution < -0.4 is 16.0 Å². The van der Waals surface area contributed by atoms with Crippen LogP contribution in [0.25, 0.3) is 10.8 Å². The van der Waals surface area contributed by atoms with Crippen LogP contribution in [0.3, 0.4) is 0 Å². The number of amides is 3. The summed E-state index contributed by atoms with van der Waals surface area (Å²) >= 11 is 0. The summed E-state index contributed by atoms with van der Waals surface area (Å²) in [4.78, 5) is 39.8. The van der Waals surface area contributed by atoms with Gasteiger partial charge in [0, 0.05) is 17.5 Å². The van der Waals surface area contributed by atoms with Gasteiger partial charge in [0.2, 0.25) is 17.7 Å². The van der Waals surface area contributed by atoms with Gasteiger partial charge in [0.05, 0.1) is 13.2 Å². The summed E-state index contributed by atoms with van der Waals surface area (Å²) in [6, 6.07) is 12.2. The third-order valence-corrected chi connectivity index (χ3v) is 5.63. The highest BCUT2D eigenvalue weighted by Gasteiger charge is 2.45. The van der Waals surface area contributed by atoms with Crippen LogP contribution in [0.15, 0.2) is 42.5 Å². The van der Waals surface area contributed by atoms with Crippen LogP contribution in [0.1, 0.15) is 19.3 Å². The molecule has 0 bridgehead atoms. The summed E-state index contributed by atoms with van der Waals surface area (Å²) < 4.78 is 5.83. The number of fused-ring (bicyclic) bond motifs is 2. The quantitative estimate of drug-likeness (QED) is 0.688. The maximum absolute atomic E-state index is 13.2. The van der Waals surface area contributed by atoms with Crippen molar-refractivity contribution in [3.8, 4) is 0 Å². The molecule has 0 aromatic heterocycles. The molecule has 2 saturated heterocycles. The van der Waals surface area contributed by atoms with Gasteiger partial charge in [-0.3, -0.25) is 14.4 Å². The number of hydrogen-bond acceptors (Lipinski definition) is 5. The normalized spacial score (nSPS) is 23.7. The van der Waals surface area contributed by atoms with E-state index in [-0.39, 0.29) is 24.3 Å². The van der Waals surface area contributed by atoms with Crippen molar-refractivity contribution in [3.63, 3.8) is 0 Å². The fraction of sp³-hybridized carbons (Fsp3) is 0.409. The Labute approximate surface area is 174 Å². The van der Waals surface area contributed by atoms with Crippen molar-refractivity contribution in [2.75, 3.05) is 25.5 Å². The first-order valence-electron chi connectivity index (χ1n) is 10.2. The second-order valence-electron chi connectivity index (χ2n) is 7.62. The van der Waals surface area contributed by atoms with Gasteiger partial charge >= 0.3 is 0 Å². The first-order chi connectivity index (χ1) is 14.6. The molecule has 3 N–H and O–H groups in total. The lowest BCUT2D eigenvalue weighted by molar-refractivity contribution is -0.147. The van der Waals surface area contributed by atoms with E-state index in [0.29, 0.717) is 31.6 Å². The molecule has 2 aliphatic heterocycles. The molecule has 158 valence electrons. The third-order valence-electron chi connectivity index (χ3n) is 5.63. The Morgan fingerprint density at radius 2 is 1.90 bits per heavy atom. The van der Waals surface area contributed by atoms with Crippen LogP contribution in [-0.4, -0.2) is 61.1 Å². The zero-order chi connectivity index (χ0) is 21.1. The zero-order valence-corrected chi connectivity index (χ0v) is 16.9. The number of hydrogen-bond donors (Lipinski definition) is 3. The summed E-state index contributed by atoms with van der Waals surface area (Å²) in [6.07, 6.45) is 1.06. The van der Waals surface area contributed by atoms with Gasteiger partial charge in [0.25, 0.3) is 0 Å². The second-order valence-corrected chi connectivity index (χ2v) is 7.62. The molecular weight excluding hydrogens is 384 g/mol. The molecule has 8 nitrogen and oxygen atoms in total. The summed E-state index contributed by atoms with van der Waals surface area (Å²) in [6.45, 7) is 0.480. The predicted octanol–water partition coefficient (Wildman–Crippen LogP) is 1.22.